The van der Waals surface area contributed by atoms with Gasteiger partial charge in [0, 0.05) is 11.3 Å². The molecular formula is C20H32O. The summed E-state index contributed by atoms with van der Waals surface area (Å²) in [7, 11) is 0. The molecule has 0 heterocycles. The lowest BCUT2D eigenvalue weighted by Gasteiger charge is -2.30. The zero-order valence-electron chi connectivity index (χ0n) is 15.1. The van der Waals surface area contributed by atoms with Gasteiger partial charge in [-0.25, -0.2) is 0 Å². The molecular weight excluding hydrogens is 256 g/mol. The standard InChI is InChI=1S/C20H32O/c1-14-10-9-11-15(2)17(14)12-16(13-19(3,4)5)18(21)20(6,7)8/h9-11,16H,12-13H2,1-8H3/t16-/m1/s1. The molecule has 118 valence electrons. The first-order valence-corrected chi connectivity index (χ1v) is 8.01. The van der Waals surface area contributed by atoms with Gasteiger partial charge >= 0.3 is 0 Å². The molecule has 0 radical (unpaired) electrons. The summed E-state index contributed by atoms with van der Waals surface area (Å²) in [6, 6.07) is 6.40. The van der Waals surface area contributed by atoms with E-state index >= 15 is 0 Å². The zero-order valence-corrected chi connectivity index (χ0v) is 15.1. The van der Waals surface area contributed by atoms with Gasteiger partial charge in [0.05, 0.1) is 0 Å². The Morgan fingerprint density at radius 3 is 1.86 bits per heavy atom. The molecule has 21 heavy (non-hydrogen) atoms. The molecule has 1 rings (SSSR count). The number of Topliss-reactive ketones (excluding diaryl/α,β-unsaturated/α-hetero) is 1. The van der Waals surface area contributed by atoms with Crippen LogP contribution in [0.15, 0.2) is 18.2 Å². The number of carbonyl (C=O) groups is 1. The van der Waals surface area contributed by atoms with Crippen LogP contribution >= 0.6 is 0 Å². The lowest BCUT2D eigenvalue weighted by atomic mass is 9.73. The van der Waals surface area contributed by atoms with Crippen LogP contribution in [0.25, 0.3) is 0 Å². The fourth-order valence-corrected chi connectivity index (χ4v) is 3.03. The molecule has 0 saturated carbocycles. The molecule has 0 saturated heterocycles. The van der Waals surface area contributed by atoms with Gasteiger partial charge in [-0.05, 0) is 48.8 Å². The van der Waals surface area contributed by atoms with E-state index in [9.17, 15) is 4.79 Å². The topological polar surface area (TPSA) is 17.1 Å². The van der Waals surface area contributed by atoms with Gasteiger partial charge in [-0.15, -0.1) is 0 Å². The lowest BCUT2D eigenvalue weighted by Crippen LogP contribution is -2.32. The van der Waals surface area contributed by atoms with Crippen molar-refractivity contribution in [2.45, 2.75) is 68.2 Å². The summed E-state index contributed by atoms with van der Waals surface area (Å²) in [5, 5.41) is 0. The third-order valence-electron chi connectivity index (χ3n) is 4.06. The van der Waals surface area contributed by atoms with E-state index in [-0.39, 0.29) is 16.7 Å². The molecule has 0 bridgehead atoms. The van der Waals surface area contributed by atoms with Gasteiger partial charge in [0.2, 0.25) is 0 Å². The van der Waals surface area contributed by atoms with Crippen molar-refractivity contribution < 1.29 is 4.79 Å². The van der Waals surface area contributed by atoms with Crippen LogP contribution in [0.5, 0.6) is 0 Å². The summed E-state index contributed by atoms with van der Waals surface area (Å²) in [6.07, 6.45) is 1.81. The molecule has 1 heteroatoms. The summed E-state index contributed by atoms with van der Waals surface area (Å²) in [5.74, 6) is 0.491. The number of carbonyl (C=O) groups excluding carboxylic acids is 1. The maximum Gasteiger partial charge on any atom is 0.141 e. The molecule has 1 atom stereocenters. The summed E-state index contributed by atoms with van der Waals surface area (Å²) in [5.41, 5.74) is 3.85. The van der Waals surface area contributed by atoms with E-state index < -0.39 is 0 Å². The van der Waals surface area contributed by atoms with Crippen LogP contribution in [0.2, 0.25) is 0 Å². The van der Waals surface area contributed by atoms with Crippen molar-refractivity contribution in [1.82, 2.24) is 0 Å². The molecule has 0 fully saturated rings. The highest BCUT2D eigenvalue weighted by atomic mass is 16.1. The first kappa shape index (κ1) is 17.9. The Balaban J connectivity index is 3.11. The lowest BCUT2D eigenvalue weighted by molar-refractivity contribution is -0.131. The van der Waals surface area contributed by atoms with Crippen molar-refractivity contribution in [3.63, 3.8) is 0 Å². The van der Waals surface area contributed by atoms with E-state index in [4.69, 9.17) is 0 Å². The molecule has 0 N–H and O–H groups in total. The van der Waals surface area contributed by atoms with E-state index in [0.29, 0.717) is 5.78 Å². The highest BCUT2D eigenvalue weighted by Gasteiger charge is 2.32. The predicted molar refractivity (Wildman–Crippen MR) is 91.6 cm³/mol. The van der Waals surface area contributed by atoms with Crippen LogP contribution in [0.3, 0.4) is 0 Å². The number of ketones is 1. The fourth-order valence-electron chi connectivity index (χ4n) is 3.03. The molecule has 1 aromatic rings. The van der Waals surface area contributed by atoms with E-state index in [1.165, 1.54) is 16.7 Å². The van der Waals surface area contributed by atoms with Crippen LogP contribution in [-0.4, -0.2) is 5.78 Å². The Bertz CT molecular complexity index is 477. The number of benzene rings is 1. The van der Waals surface area contributed by atoms with Gasteiger partial charge < -0.3 is 0 Å². The average molecular weight is 288 g/mol. The first-order chi connectivity index (χ1) is 9.42. The number of hydrogen-bond acceptors (Lipinski definition) is 1. The fraction of sp³-hybridized carbons (Fsp3) is 0.650. The summed E-state index contributed by atoms with van der Waals surface area (Å²) >= 11 is 0. The quantitative estimate of drug-likeness (QED) is 0.713. The van der Waals surface area contributed by atoms with Crippen molar-refractivity contribution in [3.05, 3.63) is 34.9 Å². The highest BCUT2D eigenvalue weighted by molar-refractivity contribution is 5.86. The minimum Gasteiger partial charge on any atom is -0.299 e. The Labute approximate surface area is 131 Å². The van der Waals surface area contributed by atoms with Gasteiger partial charge in [0.25, 0.3) is 0 Å². The summed E-state index contributed by atoms with van der Waals surface area (Å²) in [4.78, 5) is 12.9. The number of hydrogen-bond donors (Lipinski definition) is 0. The van der Waals surface area contributed by atoms with Crippen molar-refractivity contribution in [2.75, 3.05) is 0 Å². The Morgan fingerprint density at radius 1 is 1.00 bits per heavy atom. The minimum atomic E-state index is -0.271. The van der Waals surface area contributed by atoms with Crippen molar-refractivity contribution >= 4 is 5.78 Å². The second-order valence-electron chi connectivity index (χ2n) is 8.65. The molecule has 0 aliphatic carbocycles. The maximum absolute atomic E-state index is 12.9. The van der Waals surface area contributed by atoms with Gasteiger partial charge in [0.1, 0.15) is 5.78 Å². The summed E-state index contributed by atoms with van der Waals surface area (Å²) < 4.78 is 0. The SMILES string of the molecule is Cc1cccc(C)c1C[C@H](CC(C)(C)C)C(=O)C(C)(C)C. The average Bonchev–Trinajstić information content (AvgIpc) is 2.29. The largest absolute Gasteiger partial charge is 0.299 e. The van der Waals surface area contributed by atoms with Crippen LogP contribution in [0.4, 0.5) is 0 Å². The molecule has 0 aliphatic rings. The van der Waals surface area contributed by atoms with Crippen LogP contribution < -0.4 is 0 Å². The summed E-state index contributed by atoms with van der Waals surface area (Å²) in [6.45, 7) is 17.1. The van der Waals surface area contributed by atoms with Crippen molar-refractivity contribution in [3.8, 4) is 0 Å². The van der Waals surface area contributed by atoms with Crippen molar-refractivity contribution in [1.29, 1.82) is 0 Å². The van der Waals surface area contributed by atoms with Gasteiger partial charge in [-0.2, -0.15) is 0 Å². The number of rotatable bonds is 4. The van der Waals surface area contributed by atoms with Gasteiger partial charge in [-0.3, -0.25) is 4.79 Å². The molecule has 1 nitrogen and oxygen atoms in total. The van der Waals surface area contributed by atoms with Gasteiger partial charge in [-0.1, -0.05) is 59.7 Å². The first-order valence-electron chi connectivity index (χ1n) is 8.01. The second-order valence-corrected chi connectivity index (χ2v) is 8.65. The van der Waals surface area contributed by atoms with Crippen LogP contribution in [-0.2, 0) is 11.2 Å². The molecule has 0 aromatic heterocycles. The zero-order chi connectivity index (χ0) is 16.4. The Hall–Kier alpha value is -1.11. The predicted octanol–water partition coefficient (Wildman–Crippen LogP) is 5.51. The van der Waals surface area contributed by atoms with Crippen LogP contribution in [0.1, 0.15) is 64.7 Å². The third-order valence-corrected chi connectivity index (χ3v) is 4.06. The van der Waals surface area contributed by atoms with E-state index in [0.717, 1.165) is 12.8 Å². The second kappa shape index (κ2) is 6.34. The van der Waals surface area contributed by atoms with E-state index in [2.05, 4.69) is 52.8 Å². The van der Waals surface area contributed by atoms with Crippen LogP contribution in [0, 0.1) is 30.6 Å². The van der Waals surface area contributed by atoms with E-state index in [1.54, 1.807) is 0 Å². The molecule has 0 aliphatic heterocycles. The van der Waals surface area contributed by atoms with E-state index in [1.807, 2.05) is 20.8 Å². The normalized spacial score (nSPS) is 14.1. The number of aryl methyl sites for hydroxylation is 2. The smallest absolute Gasteiger partial charge is 0.141 e. The molecule has 0 amide bonds. The third kappa shape index (κ3) is 5.30. The van der Waals surface area contributed by atoms with Gasteiger partial charge in [0.15, 0.2) is 0 Å². The Morgan fingerprint density at radius 2 is 1.48 bits per heavy atom. The molecule has 1 aromatic carbocycles. The highest BCUT2D eigenvalue weighted by Crippen LogP contribution is 2.33. The molecule has 0 unspecified atom stereocenters. The molecule has 0 spiro atoms. The van der Waals surface area contributed by atoms with Crippen molar-refractivity contribution in [2.24, 2.45) is 16.7 Å². The monoisotopic (exact) mass is 288 g/mol. The maximum atomic E-state index is 12.9. The minimum absolute atomic E-state index is 0.102. The Kier molecular flexibility index (Phi) is 5.41.